The number of ether oxygens (including phenoxy) is 1. The smallest absolute Gasteiger partial charge is 0.313 e. The molecular weight excluding hydrogens is 311 g/mol. The molecule has 24 heavy (non-hydrogen) atoms. The van der Waals surface area contributed by atoms with Gasteiger partial charge in [-0.1, -0.05) is 12.1 Å². The summed E-state index contributed by atoms with van der Waals surface area (Å²) < 4.78 is 19.5. The summed E-state index contributed by atoms with van der Waals surface area (Å²) in [7, 11) is 0. The van der Waals surface area contributed by atoms with Gasteiger partial charge in [0.25, 0.3) is 0 Å². The van der Waals surface area contributed by atoms with Crippen molar-refractivity contribution in [1.29, 1.82) is 0 Å². The number of primary amides is 1. The summed E-state index contributed by atoms with van der Waals surface area (Å²) in [5.41, 5.74) is 5.89. The third-order valence-electron chi connectivity index (χ3n) is 4.24. The number of morpholine rings is 1. The van der Waals surface area contributed by atoms with Gasteiger partial charge in [0.1, 0.15) is 11.4 Å². The maximum atomic E-state index is 14.2. The number of carbonyl (C=O) groups excluding carboxylic acids is 1. The van der Waals surface area contributed by atoms with E-state index < -0.39 is 11.6 Å². The van der Waals surface area contributed by atoms with E-state index in [1.165, 1.54) is 12.1 Å². The highest BCUT2D eigenvalue weighted by Gasteiger charge is 2.32. The van der Waals surface area contributed by atoms with Gasteiger partial charge in [0.15, 0.2) is 0 Å². The maximum Gasteiger partial charge on any atom is 0.313 e. The van der Waals surface area contributed by atoms with Crippen molar-refractivity contribution in [3.63, 3.8) is 0 Å². The zero-order valence-corrected chi connectivity index (χ0v) is 13.4. The first-order valence-corrected chi connectivity index (χ1v) is 7.93. The van der Waals surface area contributed by atoms with Crippen LogP contribution in [0.1, 0.15) is 11.1 Å². The molecular formula is C17H21FN4O2. The largest absolute Gasteiger partial charge is 0.379 e. The van der Waals surface area contributed by atoms with Crippen molar-refractivity contribution in [1.82, 2.24) is 10.2 Å². The van der Waals surface area contributed by atoms with Gasteiger partial charge in [-0.15, -0.1) is 0 Å². The number of amides is 2. The van der Waals surface area contributed by atoms with Crippen molar-refractivity contribution in [3.05, 3.63) is 47.3 Å². The molecule has 0 spiro atoms. The minimum absolute atomic E-state index is 0.285. The average molecular weight is 332 g/mol. The molecule has 1 aromatic carbocycles. The van der Waals surface area contributed by atoms with Crippen LogP contribution < -0.4 is 11.1 Å². The number of dihydropyridines is 1. The van der Waals surface area contributed by atoms with E-state index in [-0.39, 0.29) is 12.4 Å². The second kappa shape index (κ2) is 7.11. The molecule has 128 valence electrons. The average Bonchev–Trinajstić information content (AvgIpc) is 2.55. The highest BCUT2D eigenvalue weighted by Crippen LogP contribution is 2.27. The molecule has 3 rings (SSSR count). The van der Waals surface area contributed by atoms with E-state index in [9.17, 15) is 9.18 Å². The number of urea groups is 1. The van der Waals surface area contributed by atoms with Crippen LogP contribution in [0.4, 0.5) is 9.18 Å². The lowest BCUT2D eigenvalue weighted by Crippen LogP contribution is -2.50. The van der Waals surface area contributed by atoms with Gasteiger partial charge < -0.3 is 15.8 Å². The van der Waals surface area contributed by atoms with Gasteiger partial charge in [-0.2, -0.15) is 0 Å². The fourth-order valence-electron chi connectivity index (χ4n) is 3.10. The van der Waals surface area contributed by atoms with Crippen molar-refractivity contribution >= 4 is 12.2 Å². The highest BCUT2D eigenvalue weighted by atomic mass is 19.1. The Balaban J connectivity index is 1.89. The van der Waals surface area contributed by atoms with Crippen LogP contribution in [-0.4, -0.2) is 50.0 Å². The summed E-state index contributed by atoms with van der Waals surface area (Å²) in [6, 6.07) is 4.17. The molecule has 7 heteroatoms. The molecule has 3 N–H and O–H groups in total. The molecule has 2 heterocycles. The summed E-state index contributed by atoms with van der Waals surface area (Å²) in [5, 5.41) is 2.71. The Morgan fingerprint density at radius 3 is 2.83 bits per heavy atom. The zero-order chi connectivity index (χ0) is 17.0. The lowest BCUT2D eigenvalue weighted by Gasteiger charge is -2.32. The fourth-order valence-corrected chi connectivity index (χ4v) is 3.10. The molecule has 1 saturated heterocycles. The first-order chi connectivity index (χ1) is 11.6. The summed E-state index contributed by atoms with van der Waals surface area (Å²) in [4.78, 5) is 17.9. The van der Waals surface area contributed by atoms with Gasteiger partial charge in [-0.25, -0.2) is 9.18 Å². The van der Waals surface area contributed by atoms with Crippen LogP contribution in [0.15, 0.2) is 35.3 Å². The molecule has 6 nitrogen and oxygen atoms in total. The number of nitrogens with zero attached hydrogens (tertiary/aromatic N) is 2. The van der Waals surface area contributed by atoms with Crippen molar-refractivity contribution < 1.29 is 13.9 Å². The molecule has 2 aliphatic rings. The van der Waals surface area contributed by atoms with Gasteiger partial charge in [-0.05, 0) is 29.3 Å². The number of halogens is 1. The van der Waals surface area contributed by atoms with Crippen molar-refractivity contribution in [2.24, 2.45) is 10.7 Å². The number of allylic oxidation sites excluding steroid dienone is 1. The van der Waals surface area contributed by atoms with E-state index in [0.717, 1.165) is 18.7 Å². The summed E-state index contributed by atoms with van der Waals surface area (Å²) in [6.45, 7) is 3.93. The lowest BCUT2D eigenvalue weighted by molar-refractivity contribution is 0.0341. The molecule has 0 aliphatic carbocycles. The van der Waals surface area contributed by atoms with Crippen LogP contribution in [0, 0.1) is 5.82 Å². The minimum Gasteiger partial charge on any atom is -0.379 e. The third kappa shape index (κ3) is 3.80. The van der Waals surface area contributed by atoms with E-state index in [2.05, 4.69) is 15.2 Å². The number of hydrogen-bond acceptors (Lipinski definition) is 4. The number of nitrogens with two attached hydrogens (primary N) is 1. The van der Waals surface area contributed by atoms with Crippen LogP contribution in [0.5, 0.6) is 0 Å². The van der Waals surface area contributed by atoms with Crippen LogP contribution in [0.25, 0.3) is 0 Å². The normalized spacial score (nSPS) is 24.0. The summed E-state index contributed by atoms with van der Waals surface area (Å²) >= 11 is 0. The number of aliphatic imine (C=N–C) groups is 1. The van der Waals surface area contributed by atoms with Crippen LogP contribution in [0.3, 0.4) is 0 Å². The number of nitrogens with one attached hydrogen (secondary N) is 1. The van der Waals surface area contributed by atoms with Gasteiger partial charge >= 0.3 is 6.03 Å². The SMILES string of the molecule is NC(=O)NC1(c2cc(F)cc(CN3CCOCC3)c2)C=CC=NC1. The first-order valence-electron chi connectivity index (χ1n) is 7.93. The lowest BCUT2D eigenvalue weighted by atomic mass is 9.87. The van der Waals surface area contributed by atoms with Crippen LogP contribution in [0.2, 0.25) is 0 Å². The molecule has 1 atom stereocenters. The maximum absolute atomic E-state index is 14.2. The molecule has 0 saturated carbocycles. The second-order valence-corrected chi connectivity index (χ2v) is 6.05. The molecule has 0 bridgehead atoms. The van der Waals surface area contributed by atoms with Gasteiger partial charge in [0, 0.05) is 25.8 Å². The number of benzene rings is 1. The Hall–Kier alpha value is -2.25. The Morgan fingerprint density at radius 2 is 2.17 bits per heavy atom. The number of rotatable bonds is 4. The van der Waals surface area contributed by atoms with Gasteiger partial charge in [-0.3, -0.25) is 9.89 Å². The van der Waals surface area contributed by atoms with Crippen molar-refractivity contribution in [2.75, 3.05) is 32.8 Å². The standard InChI is InChI=1S/C17H21FN4O2/c18-15-9-13(11-22-4-6-24-7-5-22)8-14(10-15)17(21-16(19)23)2-1-3-20-12-17/h1-3,8-10H,4-7,11-12H2,(H3,19,21,23). The van der Waals surface area contributed by atoms with E-state index in [1.807, 2.05) is 6.07 Å². The summed E-state index contributed by atoms with van der Waals surface area (Å²) in [5.74, 6) is -0.343. The second-order valence-electron chi connectivity index (χ2n) is 6.05. The van der Waals surface area contributed by atoms with Crippen LogP contribution in [-0.2, 0) is 16.8 Å². The van der Waals surface area contributed by atoms with E-state index in [0.29, 0.717) is 25.3 Å². The van der Waals surface area contributed by atoms with Crippen molar-refractivity contribution in [3.8, 4) is 0 Å². The zero-order valence-electron chi connectivity index (χ0n) is 13.4. The molecule has 2 amide bonds. The Morgan fingerprint density at radius 1 is 1.38 bits per heavy atom. The predicted octanol–water partition coefficient (Wildman–Crippen LogP) is 1.16. The number of carbonyl (C=O) groups is 1. The minimum atomic E-state index is -0.914. The Labute approximate surface area is 140 Å². The van der Waals surface area contributed by atoms with Crippen molar-refractivity contribution in [2.45, 2.75) is 12.1 Å². The Kier molecular flexibility index (Phi) is 4.92. The van der Waals surface area contributed by atoms with Gasteiger partial charge in [0.2, 0.25) is 0 Å². The third-order valence-corrected chi connectivity index (χ3v) is 4.24. The molecule has 2 aliphatic heterocycles. The Bertz CT molecular complexity index is 671. The topological polar surface area (TPSA) is 80.0 Å². The predicted molar refractivity (Wildman–Crippen MR) is 89.4 cm³/mol. The fraction of sp³-hybridized carbons (Fsp3) is 0.412. The van der Waals surface area contributed by atoms with E-state index in [1.54, 1.807) is 18.4 Å². The molecule has 1 aromatic rings. The quantitative estimate of drug-likeness (QED) is 0.868. The summed E-state index contributed by atoms with van der Waals surface area (Å²) in [6.07, 6.45) is 5.17. The molecule has 1 unspecified atom stereocenters. The number of hydrogen-bond donors (Lipinski definition) is 2. The van der Waals surface area contributed by atoms with E-state index in [4.69, 9.17) is 10.5 Å². The van der Waals surface area contributed by atoms with Gasteiger partial charge in [0.05, 0.1) is 19.8 Å². The van der Waals surface area contributed by atoms with E-state index >= 15 is 0 Å². The first kappa shape index (κ1) is 16.6. The monoisotopic (exact) mass is 332 g/mol. The van der Waals surface area contributed by atoms with Crippen LogP contribution >= 0.6 is 0 Å². The highest BCUT2D eigenvalue weighted by molar-refractivity contribution is 5.77. The molecule has 0 radical (unpaired) electrons. The molecule has 1 fully saturated rings. The molecule has 0 aromatic heterocycles.